The fourth-order valence-electron chi connectivity index (χ4n) is 1.20. The summed E-state index contributed by atoms with van der Waals surface area (Å²) in [7, 11) is 0. The van der Waals surface area contributed by atoms with Crippen molar-refractivity contribution in [3.8, 4) is 6.01 Å². The Balaban J connectivity index is 2.50. The van der Waals surface area contributed by atoms with E-state index in [9.17, 15) is 0 Å². The van der Waals surface area contributed by atoms with Crippen LogP contribution in [0.4, 0.5) is 5.95 Å². The third-order valence-electron chi connectivity index (χ3n) is 1.88. The lowest BCUT2D eigenvalue weighted by molar-refractivity contribution is 0.233. The van der Waals surface area contributed by atoms with Crippen LogP contribution in [0, 0.1) is 5.92 Å². The molecule has 84 valence electrons. The van der Waals surface area contributed by atoms with E-state index < -0.39 is 0 Å². The smallest absolute Gasteiger partial charge is 0.322 e. The Morgan fingerprint density at radius 1 is 1.40 bits per heavy atom. The number of nitrogen functional groups attached to an aromatic ring is 1. The highest BCUT2D eigenvalue weighted by Crippen LogP contribution is 2.11. The van der Waals surface area contributed by atoms with Crippen molar-refractivity contribution in [3.05, 3.63) is 5.28 Å². The molecule has 0 aliphatic heterocycles. The lowest BCUT2D eigenvalue weighted by atomic mass is 10.1. The maximum absolute atomic E-state index is 5.60. The highest BCUT2D eigenvalue weighted by molar-refractivity contribution is 6.28. The Morgan fingerprint density at radius 3 is 2.73 bits per heavy atom. The van der Waals surface area contributed by atoms with Crippen LogP contribution in [0.3, 0.4) is 0 Å². The minimum atomic E-state index is 0.0562. The van der Waals surface area contributed by atoms with Crippen molar-refractivity contribution in [1.82, 2.24) is 15.0 Å². The molecular weight excluding hydrogens is 216 g/mol. The maximum atomic E-state index is 5.60. The Morgan fingerprint density at radius 2 is 2.13 bits per heavy atom. The first-order valence-electron chi connectivity index (χ1n) is 4.91. The zero-order valence-corrected chi connectivity index (χ0v) is 9.66. The topological polar surface area (TPSA) is 73.9 Å². The van der Waals surface area contributed by atoms with Crippen molar-refractivity contribution in [2.24, 2.45) is 5.92 Å². The molecule has 0 saturated heterocycles. The number of halogens is 1. The van der Waals surface area contributed by atoms with Crippen LogP contribution < -0.4 is 10.5 Å². The van der Waals surface area contributed by atoms with Crippen LogP contribution in [0.1, 0.15) is 26.7 Å². The molecule has 0 fully saturated rings. The number of nitrogens with two attached hydrogens (primary N) is 1. The van der Waals surface area contributed by atoms with Crippen LogP contribution in [-0.4, -0.2) is 21.6 Å². The first kappa shape index (κ1) is 12.0. The third kappa shape index (κ3) is 4.29. The summed E-state index contributed by atoms with van der Waals surface area (Å²) in [6.45, 7) is 4.80. The Kier molecular flexibility index (Phi) is 4.55. The lowest BCUT2D eigenvalue weighted by Crippen LogP contribution is -2.11. The van der Waals surface area contributed by atoms with Crippen LogP contribution in [0.25, 0.3) is 0 Å². The Bertz CT molecular complexity index is 301. The van der Waals surface area contributed by atoms with Crippen molar-refractivity contribution in [1.29, 1.82) is 0 Å². The quantitative estimate of drug-likeness (QED) is 0.837. The molecule has 5 nitrogen and oxygen atoms in total. The van der Waals surface area contributed by atoms with E-state index in [0.29, 0.717) is 12.5 Å². The molecule has 0 aliphatic rings. The molecule has 0 saturated carbocycles. The van der Waals surface area contributed by atoms with Crippen LogP contribution in [-0.2, 0) is 0 Å². The van der Waals surface area contributed by atoms with Crippen LogP contribution in [0.2, 0.25) is 5.28 Å². The summed E-state index contributed by atoms with van der Waals surface area (Å²) in [5.41, 5.74) is 5.40. The molecule has 1 aromatic rings. The molecule has 2 N–H and O–H groups in total. The van der Waals surface area contributed by atoms with Crippen LogP contribution >= 0.6 is 11.6 Å². The number of hydrogen-bond donors (Lipinski definition) is 1. The van der Waals surface area contributed by atoms with E-state index in [1.54, 1.807) is 0 Å². The number of ether oxygens (including phenoxy) is 1. The van der Waals surface area contributed by atoms with Gasteiger partial charge in [-0.15, -0.1) is 0 Å². The second-order valence-electron chi connectivity index (χ2n) is 3.45. The molecule has 1 unspecified atom stereocenters. The zero-order valence-electron chi connectivity index (χ0n) is 8.90. The molecule has 1 atom stereocenters. The van der Waals surface area contributed by atoms with Gasteiger partial charge in [-0.1, -0.05) is 20.3 Å². The molecule has 1 rings (SSSR count). The average molecular weight is 231 g/mol. The van der Waals surface area contributed by atoms with E-state index in [2.05, 4.69) is 28.8 Å². The predicted octanol–water partition coefficient (Wildman–Crippen LogP) is 1.92. The van der Waals surface area contributed by atoms with Crippen molar-refractivity contribution in [2.45, 2.75) is 26.7 Å². The Hall–Kier alpha value is -1.10. The maximum Gasteiger partial charge on any atom is 0.322 e. The van der Waals surface area contributed by atoms with Gasteiger partial charge in [0.1, 0.15) is 0 Å². The second-order valence-corrected chi connectivity index (χ2v) is 3.79. The normalized spacial score (nSPS) is 12.5. The number of aromatic nitrogens is 3. The van der Waals surface area contributed by atoms with Gasteiger partial charge in [0.05, 0.1) is 6.61 Å². The average Bonchev–Trinajstić information content (AvgIpc) is 2.14. The molecule has 15 heavy (non-hydrogen) atoms. The molecule has 0 radical (unpaired) electrons. The van der Waals surface area contributed by atoms with Crippen molar-refractivity contribution in [2.75, 3.05) is 12.3 Å². The second kappa shape index (κ2) is 5.70. The third-order valence-corrected chi connectivity index (χ3v) is 2.05. The van der Waals surface area contributed by atoms with E-state index in [4.69, 9.17) is 22.1 Å². The SMILES string of the molecule is CCCC(C)COc1nc(N)nc(Cl)n1. The van der Waals surface area contributed by atoms with E-state index in [-0.39, 0.29) is 17.2 Å². The van der Waals surface area contributed by atoms with Gasteiger partial charge < -0.3 is 10.5 Å². The molecule has 0 amide bonds. The van der Waals surface area contributed by atoms with Gasteiger partial charge in [0.15, 0.2) is 0 Å². The zero-order chi connectivity index (χ0) is 11.3. The van der Waals surface area contributed by atoms with E-state index in [1.807, 2.05) is 0 Å². The van der Waals surface area contributed by atoms with Crippen molar-refractivity contribution < 1.29 is 4.74 Å². The Labute approximate surface area is 94.0 Å². The highest BCUT2D eigenvalue weighted by atomic mass is 35.5. The van der Waals surface area contributed by atoms with Crippen molar-refractivity contribution in [3.63, 3.8) is 0 Å². The first-order chi connectivity index (χ1) is 7.11. The summed E-state index contributed by atoms with van der Waals surface area (Å²) in [5.74, 6) is 0.542. The van der Waals surface area contributed by atoms with Gasteiger partial charge in [0, 0.05) is 0 Å². The highest BCUT2D eigenvalue weighted by Gasteiger charge is 2.06. The molecule has 1 aromatic heterocycles. The molecular formula is C9H15ClN4O. The van der Waals surface area contributed by atoms with Crippen LogP contribution in [0.15, 0.2) is 0 Å². The largest absolute Gasteiger partial charge is 0.463 e. The van der Waals surface area contributed by atoms with Crippen LogP contribution in [0.5, 0.6) is 6.01 Å². The van der Waals surface area contributed by atoms with Gasteiger partial charge in [-0.3, -0.25) is 0 Å². The van der Waals surface area contributed by atoms with Gasteiger partial charge in [0.2, 0.25) is 11.2 Å². The lowest BCUT2D eigenvalue weighted by Gasteiger charge is -2.10. The summed E-state index contributed by atoms with van der Waals surface area (Å²) >= 11 is 5.60. The van der Waals surface area contributed by atoms with Gasteiger partial charge in [-0.25, -0.2) is 0 Å². The predicted molar refractivity (Wildman–Crippen MR) is 58.8 cm³/mol. The van der Waals surface area contributed by atoms with Gasteiger partial charge in [0.25, 0.3) is 0 Å². The number of anilines is 1. The summed E-state index contributed by atoms with van der Waals surface area (Å²) in [6, 6.07) is 0.190. The van der Waals surface area contributed by atoms with E-state index >= 15 is 0 Å². The number of rotatable bonds is 5. The number of nitrogens with zero attached hydrogens (tertiary/aromatic N) is 3. The summed E-state index contributed by atoms with van der Waals surface area (Å²) < 4.78 is 5.36. The summed E-state index contributed by atoms with van der Waals surface area (Å²) in [5, 5.41) is 0.0562. The molecule has 0 spiro atoms. The minimum absolute atomic E-state index is 0.0562. The number of hydrogen-bond acceptors (Lipinski definition) is 5. The first-order valence-corrected chi connectivity index (χ1v) is 5.29. The summed E-state index contributed by atoms with van der Waals surface area (Å²) in [6.07, 6.45) is 2.24. The molecule has 0 bridgehead atoms. The van der Waals surface area contributed by atoms with E-state index in [0.717, 1.165) is 12.8 Å². The standard InChI is InChI=1S/C9H15ClN4O/c1-3-4-6(2)5-15-9-13-7(10)12-8(11)14-9/h6H,3-5H2,1-2H3,(H2,11,12,13,14). The molecule has 1 heterocycles. The molecule has 6 heteroatoms. The van der Waals surface area contributed by atoms with Gasteiger partial charge in [-0.05, 0) is 23.9 Å². The fourth-order valence-corrected chi connectivity index (χ4v) is 1.36. The molecule has 0 aliphatic carbocycles. The van der Waals surface area contributed by atoms with Crippen molar-refractivity contribution >= 4 is 17.5 Å². The molecule has 0 aromatic carbocycles. The minimum Gasteiger partial charge on any atom is -0.463 e. The van der Waals surface area contributed by atoms with Gasteiger partial charge in [-0.2, -0.15) is 15.0 Å². The monoisotopic (exact) mass is 230 g/mol. The fraction of sp³-hybridized carbons (Fsp3) is 0.667. The van der Waals surface area contributed by atoms with E-state index in [1.165, 1.54) is 0 Å². The van der Waals surface area contributed by atoms with Gasteiger partial charge >= 0.3 is 6.01 Å². The summed E-state index contributed by atoms with van der Waals surface area (Å²) in [4.78, 5) is 11.3.